The van der Waals surface area contributed by atoms with E-state index in [4.69, 9.17) is 0 Å². The second-order valence-electron chi connectivity index (χ2n) is 2.58. The fourth-order valence-electron chi connectivity index (χ4n) is 1.05. The van der Waals surface area contributed by atoms with Gasteiger partial charge in [0.25, 0.3) is 0 Å². The van der Waals surface area contributed by atoms with Gasteiger partial charge in [-0.3, -0.25) is 0 Å². The third kappa shape index (κ3) is 6.45. The number of thioether (sulfide) groups is 1. The Bertz CT molecular complexity index is 87.6. The van der Waals surface area contributed by atoms with Gasteiger partial charge in [-0.2, -0.15) is 11.8 Å². The molecule has 0 aliphatic rings. The van der Waals surface area contributed by atoms with Crippen molar-refractivity contribution < 1.29 is 0 Å². The zero-order valence-electron chi connectivity index (χ0n) is 7.60. The average molecular weight is 173 g/mol. The highest BCUT2D eigenvalue weighted by molar-refractivity contribution is 7.98. The van der Waals surface area contributed by atoms with Gasteiger partial charge in [0.15, 0.2) is 0 Å². The maximum absolute atomic E-state index is 3.72. The molecule has 0 bridgehead atoms. The standard InChI is InChI=1S/C9H19NS/c1-4-6-7-9(8-11-3)10-5-2/h4,9-10H,1,5-8H2,2-3H3. The van der Waals surface area contributed by atoms with Crippen LogP contribution in [0.2, 0.25) is 0 Å². The minimum atomic E-state index is 0.674. The van der Waals surface area contributed by atoms with Crippen LogP contribution in [0.3, 0.4) is 0 Å². The molecule has 0 aromatic carbocycles. The van der Waals surface area contributed by atoms with Crippen LogP contribution in [0.5, 0.6) is 0 Å². The van der Waals surface area contributed by atoms with Crippen molar-refractivity contribution >= 4 is 11.8 Å². The van der Waals surface area contributed by atoms with Gasteiger partial charge < -0.3 is 5.32 Å². The lowest BCUT2D eigenvalue weighted by Crippen LogP contribution is -2.30. The third-order valence-electron chi connectivity index (χ3n) is 1.58. The maximum Gasteiger partial charge on any atom is 0.0160 e. The summed E-state index contributed by atoms with van der Waals surface area (Å²) in [4.78, 5) is 0. The van der Waals surface area contributed by atoms with Crippen molar-refractivity contribution in [2.75, 3.05) is 18.6 Å². The largest absolute Gasteiger partial charge is 0.313 e. The number of rotatable bonds is 7. The lowest BCUT2D eigenvalue weighted by atomic mass is 10.2. The van der Waals surface area contributed by atoms with Crippen LogP contribution in [0.4, 0.5) is 0 Å². The predicted molar refractivity (Wildman–Crippen MR) is 55.3 cm³/mol. The Morgan fingerprint density at radius 2 is 2.36 bits per heavy atom. The number of nitrogens with one attached hydrogen (secondary N) is 1. The van der Waals surface area contributed by atoms with Crippen molar-refractivity contribution in [1.29, 1.82) is 0 Å². The van der Waals surface area contributed by atoms with Crippen molar-refractivity contribution in [3.05, 3.63) is 12.7 Å². The molecule has 0 amide bonds. The van der Waals surface area contributed by atoms with Crippen LogP contribution in [0, 0.1) is 0 Å². The van der Waals surface area contributed by atoms with E-state index in [1.165, 1.54) is 12.2 Å². The Balaban J connectivity index is 3.41. The van der Waals surface area contributed by atoms with Crippen LogP contribution in [0.25, 0.3) is 0 Å². The molecule has 0 heterocycles. The molecule has 2 heteroatoms. The van der Waals surface area contributed by atoms with Crippen LogP contribution in [-0.2, 0) is 0 Å². The second kappa shape index (κ2) is 8.15. The van der Waals surface area contributed by atoms with Crippen LogP contribution < -0.4 is 5.32 Å². The van der Waals surface area contributed by atoms with Crippen molar-refractivity contribution in [2.45, 2.75) is 25.8 Å². The molecular weight excluding hydrogens is 154 g/mol. The number of hydrogen-bond donors (Lipinski definition) is 1. The lowest BCUT2D eigenvalue weighted by Gasteiger charge is -2.14. The smallest absolute Gasteiger partial charge is 0.0160 e. The first-order valence-electron chi connectivity index (χ1n) is 4.18. The molecular formula is C9H19NS. The fraction of sp³-hybridized carbons (Fsp3) is 0.778. The predicted octanol–water partition coefficient (Wildman–Crippen LogP) is 2.29. The molecule has 1 atom stereocenters. The summed E-state index contributed by atoms with van der Waals surface area (Å²) in [7, 11) is 0. The topological polar surface area (TPSA) is 12.0 Å². The number of allylic oxidation sites excluding steroid dienone is 1. The van der Waals surface area contributed by atoms with Crippen molar-refractivity contribution in [3.8, 4) is 0 Å². The van der Waals surface area contributed by atoms with Gasteiger partial charge in [0.1, 0.15) is 0 Å². The molecule has 11 heavy (non-hydrogen) atoms. The van der Waals surface area contributed by atoms with Gasteiger partial charge in [-0.15, -0.1) is 6.58 Å². The molecule has 0 spiro atoms. The van der Waals surface area contributed by atoms with E-state index in [0.29, 0.717) is 6.04 Å². The molecule has 1 N–H and O–H groups in total. The fourth-order valence-corrected chi connectivity index (χ4v) is 1.74. The van der Waals surface area contributed by atoms with E-state index in [1.54, 1.807) is 0 Å². The first kappa shape index (κ1) is 11.1. The minimum Gasteiger partial charge on any atom is -0.313 e. The van der Waals surface area contributed by atoms with Crippen molar-refractivity contribution in [3.63, 3.8) is 0 Å². The molecule has 0 rings (SSSR count). The van der Waals surface area contributed by atoms with Crippen molar-refractivity contribution in [2.24, 2.45) is 0 Å². The van der Waals surface area contributed by atoms with Crippen LogP contribution in [0.1, 0.15) is 19.8 Å². The highest BCUT2D eigenvalue weighted by Crippen LogP contribution is 2.04. The molecule has 66 valence electrons. The summed E-state index contributed by atoms with van der Waals surface area (Å²) in [5, 5.41) is 3.45. The molecule has 0 aliphatic carbocycles. The van der Waals surface area contributed by atoms with Gasteiger partial charge >= 0.3 is 0 Å². The molecule has 0 radical (unpaired) electrons. The van der Waals surface area contributed by atoms with Crippen LogP contribution in [0.15, 0.2) is 12.7 Å². The first-order valence-corrected chi connectivity index (χ1v) is 5.57. The molecule has 1 unspecified atom stereocenters. The third-order valence-corrected chi connectivity index (χ3v) is 2.32. The van der Waals surface area contributed by atoms with Gasteiger partial charge in [0.05, 0.1) is 0 Å². The van der Waals surface area contributed by atoms with Crippen molar-refractivity contribution in [1.82, 2.24) is 5.32 Å². The Labute approximate surface area is 74.6 Å². The zero-order valence-corrected chi connectivity index (χ0v) is 8.41. The van der Waals surface area contributed by atoms with Gasteiger partial charge in [0.2, 0.25) is 0 Å². The highest BCUT2D eigenvalue weighted by Gasteiger charge is 2.03. The SMILES string of the molecule is C=CCCC(CSC)NCC. The highest BCUT2D eigenvalue weighted by atomic mass is 32.2. The van der Waals surface area contributed by atoms with Crippen LogP contribution in [-0.4, -0.2) is 24.6 Å². The maximum atomic E-state index is 3.72. The van der Waals surface area contributed by atoms with E-state index in [2.05, 4.69) is 25.1 Å². The molecule has 0 saturated carbocycles. The number of hydrogen-bond acceptors (Lipinski definition) is 2. The molecule has 0 aliphatic heterocycles. The summed E-state index contributed by atoms with van der Waals surface area (Å²) in [5.74, 6) is 1.21. The molecule has 0 saturated heterocycles. The Morgan fingerprint density at radius 3 is 2.82 bits per heavy atom. The Kier molecular flexibility index (Phi) is 8.19. The summed E-state index contributed by atoms with van der Waals surface area (Å²) in [5.41, 5.74) is 0. The lowest BCUT2D eigenvalue weighted by molar-refractivity contribution is 0.542. The summed E-state index contributed by atoms with van der Waals surface area (Å²) < 4.78 is 0. The summed E-state index contributed by atoms with van der Waals surface area (Å²) in [6.45, 7) is 6.94. The summed E-state index contributed by atoms with van der Waals surface area (Å²) in [6, 6.07) is 0.674. The van der Waals surface area contributed by atoms with E-state index in [9.17, 15) is 0 Å². The van der Waals surface area contributed by atoms with Gasteiger partial charge in [-0.05, 0) is 25.6 Å². The normalized spacial score (nSPS) is 12.9. The summed E-state index contributed by atoms with van der Waals surface area (Å²) >= 11 is 1.90. The molecule has 0 fully saturated rings. The zero-order chi connectivity index (χ0) is 8.53. The van der Waals surface area contributed by atoms with E-state index >= 15 is 0 Å². The minimum absolute atomic E-state index is 0.674. The quantitative estimate of drug-likeness (QED) is 0.593. The van der Waals surface area contributed by atoms with Gasteiger partial charge in [0, 0.05) is 11.8 Å². The monoisotopic (exact) mass is 173 g/mol. The molecule has 0 aromatic rings. The van der Waals surface area contributed by atoms with E-state index in [1.807, 2.05) is 17.8 Å². The van der Waals surface area contributed by atoms with E-state index in [-0.39, 0.29) is 0 Å². The van der Waals surface area contributed by atoms with Crippen LogP contribution >= 0.6 is 11.8 Å². The average Bonchev–Trinajstić information content (AvgIpc) is 2.01. The Morgan fingerprint density at radius 1 is 1.64 bits per heavy atom. The second-order valence-corrected chi connectivity index (χ2v) is 3.49. The summed E-state index contributed by atoms with van der Waals surface area (Å²) in [6.07, 6.45) is 6.49. The van der Waals surface area contributed by atoms with E-state index in [0.717, 1.165) is 13.0 Å². The van der Waals surface area contributed by atoms with Gasteiger partial charge in [-0.1, -0.05) is 13.0 Å². The molecule has 1 nitrogen and oxygen atoms in total. The Hall–Kier alpha value is 0.0500. The van der Waals surface area contributed by atoms with Gasteiger partial charge in [-0.25, -0.2) is 0 Å². The molecule has 0 aromatic heterocycles. The first-order chi connectivity index (χ1) is 5.35. The van der Waals surface area contributed by atoms with E-state index < -0.39 is 0 Å².